The van der Waals surface area contributed by atoms with Gasteiger partial charge in [-0.1, -0.05) is 29.3 Å². The van der Waals surface area contributed by atoms with E-state index in [9.17, 15) is 0 Å². The van der Waals surface area contributed by atoms with Crippen molar-refractivity contribution in [2.45, 2.75) is 32.9 Å². The molecule has 0 spiro atoms. The maximum Gasteiger partial charge on any atom is 0.0465 e. The number of likely N-dealkylation sites (N-methyl/N-ethyl adjacent to an activating group) is 1. The van der Waals surface area contributed by atoms with E-state index in [0.717, 1.165) is 30.2 Å². The zero-order valence-electron chi connectivity index (χ0n) is 11.6. The van der Waals surface area contributed by atoms with Crippen LogP contribution in [-0.4, -0.2) is 30.6 Å². The highest BCUT2D eigenvalue weighted by atomic mass is 35.5. The average molecular weight is 289 g/mol. The summed E-state index contributed by atoms with van der Waals surface area (Å²) in [6.07, 6.45) is 0. The average Bonchev–Trinajstić information content (AvgIpc) is 2.20. The van der Waals surface area contributed by atoms with Crippen LogP contribution >= 0.6 is 23.2 Å². The third-order valence-electron chi connectivity index (χ3n) is 2.60. The van der Waals surface area contributed by atoms with Crippen LogP contribution in [0.4, 0.5) is 0 Å². The quantitative estimate of drug-likeness (QED) is 0.886. The van der Waals surface area contributed by atoms with Crippen molar-refractivity contribution in [1.29, 1.82) is 0 Å². The van der Waals surface area contributed by atoms with E-state index in [0.29, 0.717) is 5.02 Å². The molecule has 0 aliphatic carbocycles. The van der Waals surface area contributed by atoms with Crippen LogP contribution in [0.3, 0.4) is 0 Å². The van der Waals surface area contributed by atoms with Crippen LogP contribution in [0.5, 0.6) is 0 Å². The largest absolute Gasteiger partial charge is 0.311 e. The first-order valence-electron chi connectivity index (χ1n) is 6.15. The standard InChI is InChI=1S/C14H22Cl2N2/c1-14(2,3)17-7-8-18(4)10-11-5-6-12(15)9-13(11)16/h5-6,9,17H,7-8,10H2,1-4H3. The molecule has 102 valence electrons. The van der Waals surface area contributed by atoms with Gasteiger partial charge < -0.3 is 10.2 Å². The molecule has 0 radical (unpaired) electrons. The van der Waals surface area contributed by atoms with Crippen molar-refractivity contribution in [3.05, 3.63) is 33.8 Å². The SMILES string of the molecule is CN(CCNC(C)(C)C)Cc1ccc(Cl)cc1Cl. The van der Waals surface area contributed by atoms with Crippen molar-refractivity contribution >= 4 is 23.2 Å². The molecule has 0 saturated carbocycles. The van der Waals surface area contributed by atoms with Crippen LogP contribution < -0.4 is 5.32 Å². The number of hydrogen-bond donors (Lipinski definition) is 1. The minimum absolute atomic E-state index is 0.165. The maximum absolute atomic E-state index is 6.15. The summed E-state index contributed by atoms with van der Waals surface area (Å²) in [4.78, 5) is 2.24. The van der Waals surface area contributed by atoms with Crippen molar-refractivity contribution in [2.75, 3.05) is 20.1 Å². The van der Waals surface area contributed by atoms with Crippen LogP contribution in [0.2, 0.25) is 10.0 Å². The van der Waals surface area contributed by atoms with Gasteiger partial charge in [0.2, 0.25) is 0 Å². The minimum atomic E-state index is 0.165. The summed E-state index contributed by atoms with van der Waals surface area (Å²) in [6, 6.07) is 5.65. The van der Waals surface area contributed by atoms with Gasteiger partial charge in [0.05, 0.1) is 0 Å². The molecule has 0 aliphatic heterocycles. The van der Waals surface area contributed by atoms with Crippen molar-refractivity contribution < 1.29 is 0 Å². The fraction of sp³-hybridized carbons (Fsp3) is 0.571. The zero-order chi connectivity index (χ0) is 13.8. The number of halogens is 2. The van der Waals surface area contributed by atoms with Crippen LogP contribution in [0, 0.1) is 0 Å². The summed E-state index contributed by atoms with van der Waals surface area (Å²) in [5.74, 6) is 0. The number of benzene rings is 1. The Kier molecular flexibility index (Phi) is 5.93. The van der Waals surface area contributed by atoms with Gasteiger partial charge in [-0.05, 0) is 45.5 Å². The Hall–Kier alpha value is -0.280. The Morgan fingerprint density at radius 3 is 2.44 bits per heavy atom. The van der Waals surface area contributed by atoms with E-state index in [2.05, 4.69) is 38.0 Å². The van der Waals surface area contributed by atoms with Gasteiger partial charge in [-0.2, -0.15) is 0 Å². The molecular weight excluding hydrogens is 267 g/mol. The summed E-state index contributed by atoms with van der Waals surface area (Å²) in [6.45, 7) is 9.29. The molecule has 0 atom stereocenters. The highest BCUT2D eigenvalue weighted by molar-refractivity contribution is 6.35. The number of rotatable bonds is 5. The second kappa shape index (κ2) is 6.76. The molecule has 0 bridgehead atoms. The molecule has 18 heavy (non-hydrogen) atoms. The van der Waals surface area contributed by atoms with Crippen molar-refractivity contribution in [3.63, 3.8) is 0 Å². The number of hydrogen-bond acceptors (Lipinski definition) is 2. The first-order chi connectivity index (χ1) is 8.28. The predicted molar refractivity (Wildman–Crippen MR) is 80.6 cm³/mol. The van der Waals surface area contributed by atoms with Gasteiger partial charge in [0.15, 0.2) is 0 Å². The summed E-state index contributed by atoms with van der Waals surface area (Å²) in [5.41, 5.74) is 1.28. The lowest BCUT2D eigenvalue weighted by Crippen LogP contribution is -2.40. The Balaban J connectivity index is 2.42. The topological polar surface area (TPSA) is 15.3 Å². The molecule has 0 fully saturated rings. The summed E-state index contributed by atoms with van der Waals surface area (Å²) >= 11 is 12.0. The highest BCUT2D eigenvalue weighted by Gasteiger charge is 2.09. The Morgan fingerprint density at radius 1 is 1.22 bits per heavy atom. The molecule has 0 unspecified atom stereocenters. The normalized spacial score (nSPS) is 12.2. The molecule has 0 amide bonds. The monoisotopic (exact) mass is 288 g/mol. The van der Waals surface area contributed by atoms with Gasteiger partial charge in [-0.15, -0.1) is 0 Å². The van der Waals surface area contributed by atoms with E-state index in [4.69, 9.17) is 23.2 Å². The van der Waals surface area contributed by atoms with Crippen molar-refractivity contribution in [2.24, 2.45) is 0 Å². The van der Waals surface area contributed by atoms with Crippen LogP contribution in [0.25, 0.3) is 0 Å². The predicted octanol–water partition coefficient (Wildman–Crippen LogP) is 3.81. The third-order valence-corrected chi connectivity index (χ3v) is 3.19. The molecule has 1 aromatic carbocycles. The molecule has 2 nitrogen and oxygen atoms in total. The van der Waals surface area contributed by atoms with Gasteiger partial charge in [0.25, 0.3) is 0 Å². The van der Waals surface area contributed by atoms with Crippen LogP contribution in [0.1, 0.15) is 26.3 Å². The van der Waals surface area contributed by atoms with E-state index >= 15 is 0 Å². The van der Waals surface area contributed by atoms with Gasteiger partial charge in [0.1, 0.15) is 0 Å². The van der Waals surface area contributed by atoms with E-state index in [1.807, 2.05) is 12.1 Å². The Bertz CT molecular complexity index is 386. The third kappa shape index (κ3) is 6.05. The lowest BCUT2D eigenvalue weighted by molar-refractivity contribution is 0.303. The smallest absolute Gasteiger partial charge is 0.0465 e. The molecule has 1 rings (SSSR count). The van der Waals surface area contributed by atoms with Crippen LogP contribution in [-0.2, 0) is 6.54 Å². The second-order valence-electron chi connectivity index (χ2n) is 5.65. The second-order valence-corrected chi connectivity index (χ2v) is 6.49. The molecule has 0 aliphatic rings. The van der Waals surface area contributed by atoms with Gasteiger partial charge in [0, 0.05) is 35.2 Å². The molecule has 4 heteroatoms. The first-order valence-corrected chi connectivity index (χ1v) is 6.91. The molecular formula is C14H22Cl2N2. The lowest BCUT2D eigenvalue weighted by Gasteiger charge is -2.23. The Morgan fingerprint density at radius 2 is 1.89 bits per heavy atom. The van der Waals surface area contributed by atoms with Gasteiger partial charge in [-0.25, -0.2) is 0 Å². The van der Waals surface area contributed by atoms with E-state index in [-0.39, 0.29) is 5.54 Å². The fourth-order valence-corrected chi connectivity index (χ4v) is 2.11. The minimum Gasteiger partial charge on any atom is -0.311 e. The number of nitrogens with zero attached hydrogens (tertiary/aromatic N) is 1. The van der Waals surface area contributed by atoms with Crippen molar-refractivity contribution in [1.82, 2.24) is 10.2 Å². The molecule has 0 aromatic heterocycles. The Labute approximate surface area is 120 Å². The van der Waals surface area contributed by atoms with Crippen LogP contribution in [0.15, 0.2) is 18.2 Å². The summed E-state index contributed by atoms with van der Waals surface area (Å²) in [5, 5.41) is 4.88. The van der Waals surface area contributed by atoms with Gasteiger partial charge >= 0.3 is 0 Å². The highest BCUT2D eigenvalue weighted by Crippen LogP contribution is 2.21. The maximum atomic E-state index is 6.15. The lowest BCUT2D eigenvalue weighted by atomic mass is 10.1. The zero-order valence-corrected chi connectivity index (χ0v) is 13.1. The first kappa shape index (κ1) is 15.8. The fourth-order valence-electron chi connectivity index (χ4n) is 1.64. The number of nitrogens with one attached hydrogen (secondary N) is 1. The molecule has 0 heterocycles. The summed E-state index contributed by atoms with van der Waals surface area (Å²) in [7, 11) is 2.09. The molecule has 0 saturated heterocycles. The van der Waals surface area contributed by atoms with Gasteiger partial charge in [-0.3, -0.25) is 0 Å². The van der Waals surface area contributed by atoms with E-state index in [1.165, 1.54) is 0 Å². The molecule has 1 aromatic rings. The van der Waals surface area contributed by atoms with Crippen molar-refractivity contribution in [3.8, 4) is 0 Å². The molecule has 1 N–H and O–H groups in total. The summed E-state index contributed by atoms with van der Waals surface area (Å²) < 4.78 is 0. The van der Waals surface area contributed by atoms with E-state index in [1.54, 1.807) is 6.07 Å². The van der Waals surface area contributed by atoms with E-state index < -0.39 is 0 Å².